The molecular formula is C60H39NS. The maximum absolute atomic E-state index is 4.71. The minimum Gasteiger partial charge on any atom is -0.264 e. The van der Waals surface area contributed by atoms with E-state index in [9.17, 15) is 0 Å². The number of thiophene rings is 1. The van der Waals surface area contributed by atoms with Gasteiger partial charge in [0.15, 0.2) is 0 Å². The third-order valence-electron chi connectivity index (χ3n) is 13.7. The Morgan fingerprint density at radius 1 is 0.387 bits per heavy atom. The number of rotatable bonds is 4. The zero-order valence-corrected chi connectivity index (χ0v) is 35.2. The fourth-order valence-corrected chi connectivity index (χ4v) is 12.3. The second-order valence-electron chi connectivity index (χ2n) is 17.4. The van der Waals surface area contributed by atoms with E-state index in [0.29, 0.717) is 0 Å². The van der Waals surface area contributed by atoms with Crippen LogP contribution in [0.5, 0.6) is 0 Å². The van der Waals surface area contributed by atoms with Crippen LogP contribution >= 0.6 is 11.3 Å². The van der Waals surface area contributed by atoms with Crippen LogP contribution in [0, 0.1) is 0 Å². The van der Waals surface area contributed by atoms with E-state index >= 15 is 0 Å². The molecular weight excluding hydrogens is 767 g/mol. The van der Waals surface area contributed by atoms with Gasteiger partial charge in [-0.05, 0) is 135 Å². The average molecular weight is 806 g/mol. The molecule has 2 heteroatoms. The second kappa shape index (κ2) is 13.3. The molecule has 0 aliphatic heterocycles. The number of nitrogens with zero attached hydrogens (tertiary/aromatic N) is 1. The molecule has 2 heterocycles. The number of hydrogen-bond acceptors (Lipinski definition) is 2. The molecule has 0 amide bonds. The fraction of sp³-hybridized carbons (Fsp3) is 0.0500. The molecule has 0 bridgehead atoms. The third kappa shape index (κ3) is 5.05. The summed E-state index contributed by atoms with van der Waals surface area (Å²) in [5.74, 6) is 0. The summed E-state index contributed by atoms with van der Waals surface area (Å²) in [6.07, 6.45) is 4.07. The van der Waals surface area contributed by atoms with Crippen molar-refractivity contribution in [1.29, 1.82) is 0 Å². The number of pyridine rings is 1. The number of aromatic nitrogens is 1. The summed E-state index contributed by atoms with van der Waals surface area (Å²) in [5.41, 5.74) is 15.1. The summed E-state index contributed by atoms with van der Waals surface area (Å²) < 4.78 is 2.67. The number of fused-ring (bicyclic) bond motifs is 14. The predicted octanol–water partition coefficient (Wildman–Crippen LogP) is 17.0. The van der Waals surface area contributed by atoms with Crippen LogP contribution < -0.4 is 0 Å². The first kappa shape index (κ1) is 35.4. The molecule has 2 aromatic heterocycles. The highest BCUT2D eigenvalue weighted by Crippen LogP contribution is 2.58. The third-order valence-corrected chi connectivity index (χ3v) is 14.9. The maximum atomic E-state index is 4.71. The van der Waals surface area contributed by atoms with Crippen molar-refractivity contribution >= 4 is 74.6 Å². The molecule has 0 saturated carbocycles. The van der Waals surface area contributed by atoms with Crippen LogP contribution in [-0.4, -0.2) is 4.98 Å². The average Bonchev–Trinajstić information content (AvgIpc) is 3.84. The van der Waals surface area contributed by atoms with Gasteiger partial charge < -0.3 is 0 Å². The highest BCUT2D eigenvalue weighted by molar-refractivity contribution is 7.27. The van der Waals surface area contributed by atoms with Crippen molar-refractivity contribution in [3.63, 3.8) is 0 Å². The lowest BCUT2D eigenvalue weighted by Gasteiger charge is -2.23. The lowest BCUT2D eigenvalue weighted by atomic mass is 9.79. The molecule has 1 aliphatic carbocycles. The van der Waals surface area contributed by atoms with E-state index in [4.69, 9.17) is 4.98 Å². The lowest BCUT2D eigenvalue weighted by Crippen LogP contribution is -2.15. The van der Waals surface area contributed by atoms with Crippen molar-refractivity contribution in [2.45, 2.75) is 19.3 Å². The van der Waals surface area contributed by atoms with Crippen molar-refractivity contribution in [3.8, 4) is 55.6 Å². The SMILES string of the molecule is CC1(C)c2ccc(-c3c4ccccc4c(-c4cc(-c5ccccc5)cc(-c5ccccc5)c4)c4ccccc34)cc2-c2c1c1ccncc1c1sc3c4ccccc4ccc3c21. The topological polar surface area (TPSA) is 12.9 Å². The molecule has 1 nitrogen and oxygen atoms in total. The Morgan fingerprint density at radius 3 is 1.60 bits per heavy atom. The van der Waals surface area contributed by atoms with Crippen LogP contribution in [0.2, 0.25) is 0 Å². The van der Waals surface area contributed by atoms with Gasteiger partial charge in [0.25, 0.3) is 0 Å². The zero-order valence-electron chi connectivity index (χ0n) is 34.4. The van der Waals surface area contributed by atoms with E-state index in [2.05, 4.69) is 208 Å². The van der Waals surface area contributed by atoms with Gasteiger partial charge in [-0.3, -0.25) is 4.98 Å². The zero-order chi connectivity index (χ0) is 41.1. The highest BCUT2D eigenvalue weighted by Gasteiger charge is 2.39. The van der Waals surface area contributed by atoms with Gasteiger partial charge in [0.1, 0.15) is 0 Å². The van der Waals surface area contributed by atoms with E-state index in [1.165, 1.54) is 130 Å². The largest absolute Gasteiger partial charge is 0.264 e. The highest BCUT2D eigenvalue weighted by atomic mass is 32.1. The molecule has 290 valence electrons. The summed E-state index contributed by atoms with van der Waals surface area (Å²) in [6.45, 7) is 4.83. The summed E-state index contributed by atoms with van der Waals surface area (Å²) in [4.78, 5) is 4.71. The maximum Gasteiger partial charge on any atom is 0.0456 e. The van der Waals surface area contributed by atoms with E-state index in [-0.39, 0.29) is 5.41 Å². The molecule has 0 radical (unpaired) electrons. The van der Waals surface area contributed by atoms with Crippen molar-refractivity contribution in [2.24, 2.45) is 0 Å². The summed E-state index contributed by atoms with van der Waals surface area (Å²) >= 11 is 1.92. The Morgan fingerprint density at radius 2 is 0.952 bits per heavy atom. The van der Waals surface area contributed by atoms with Crippen molar-refractivity contribution in [1.82, 2.24) is 4.98 Å². The van der Waals surface area contributed by atoms with E-state index in [0.717, 1.165) is 0 Å². The molecule has 0 spiro atoms. The van der Waals surface area contributed by atoms with Crippen LogP contribution in [0.4, 0.5) is 0 Å². The van der Waals surface area contributed by atoms with Crippen molar-refractivity contribution in [3.05, 3.63) is 212 Å². The standard InChI is InChI=1S/C60H39NS/c1-60(2)52-28-26-39(34-50(52)55-56-49-27-25-38-19-9-10-20-43(38)58(49)62-59(56)51-35-61-30-29-48(51)57(55)60)53-44-21-11-13-23-46(44)54(47-24-14-12-22-45(47)53)42-32-40(36-15-5-3-6-16-36)31-41(33-42)37-17-7-4-8-18-37/h3-35H,1-2H3. The lowest BCUT2D eigenvalue weighted by molar-refractivity contribution is 0.666. The Bertz CT molecular complexity index is 3700. The van der Waals surface area contributed by atoms with Gasteiger partial charge in [-0.25, -0.2) is 0 Å². The first-order valence-corrected chi connectivity index (χ1v) is 22.3. The Kier molecular flexibility index (Phi) is 7.59. The van der Waals surface area contributed by atoms with E-state index < -0.39 is 0 Å². The van der Waals surface area contributed by atoms with Gasteiger partial charge >= 0.3 is 0 Å². The van der Waals surface area contributed by atoms with Crippen LogP contribution in [0.3, 0.4) is 0 Å². The summed E-state index contributed by atoms with van der Waals surface area (Å²) in [6, 6.07) is 69.9. The Hall–Kier alpha value is -7.39. The van der Waals surface area contributed by atoms with Crippen molar-refractivity contribution < 1.29 is 0 Å². The molecule has 0 fully saturated rings. The van der Waals surface area contributed by atoms with Gasteiger partial charge in [0.05, 0.1) is 0 Å². The van der Waals surface area contributed by atoms with Gasteiger partial charge in [-0.15, -0.1) is 11.3 Å². The van der Waals surface area contributed by atoms with Crippen LogP contribution in [0.1, 0.15) is 25.0 Å². The summed E-state index contributed by atoms with van der Waals surface area (Å²) in [7, 11) is 0. The number of hydrogen-bond donors (Lipinski definition) is 0. The molecule has 0 saturated heterocycles. The predicted molar refractivity (Wildman–Crippen MR) is 266 cm³/mol. The Balaban J connectivity index is 1.10. The monoisotopic (exact) mass is 805 g/mol. The quantitative estimate of drug-likeness (QED) is 0.162. The van der Waals surface area contributed by atoms with Gasteiger partial charge in [-0.2, -0.15) is 0 Å². The molecule has 0 unspecified atom stereocenters. The molecule has 0 atom stereocenters. The molecule has 13 rings (SSSR count). The fourth-order valence-electron chi connectivity index (χ4n) is 10.9. The minimum atomic E-state index is -0.212. The Labute approximate surface area is 364 Å². The molecule has 0 N–H and O–H groups in total. The van der Waals surface area contributed by atoms with E-state index in [1.807, 2.05) is 17.5 Å². The first-order chi connectivity index (χ1) is 30.5. The second-order valence-corrected chi connectivity index (χ2v) is 18.4. The molecule has 62 heavy (non-hydrogen) atoms. The molecule has 1 aliphatic rings. The van der Waals surface area contributed by atoms with E-state index in [1.54, 1.807) is 0 Å². The smallest absolute Gasteiger partial charge is 0.0456 e. The van der Waals surface area contributed by atoms with Gasteiger partial charge in [-0.1, -0.05) is 172 Å². The first-order valence-electron chi connectivity index (χ1n) is 21.5. The molecule has 12 aromatic rings. The van der Waals surface area contributed by atoms with Crippen LogP contribution in [0.15, 0.2) is 200 Å². The van der Waals surface area contributed by atoms with Gasteiger partial charge in [0.2, 0.25) is 0 Å². The van der Waals surface area contributed by atoms with Crippen molar-refractivity contribution in [2.75, 3.05) is 0 Å². The normalized spacial score (nSPS) is 13.1. The van der Waals surface area contributed by atoms with Crippen LogP contribution in [-0.2, 0) is 5.41 Å². The number of benzene rings is 10. The summed E-state index contributed by atoms with van der Waals surface area (Å²) in [5, 5.41) is 12.8. The molecule has 10 aromatic carbocycles. The minimum absolute atomic E-state index is 0.212. The van der Waals surface area contributed by atoms with Crippen LogP contribution in [0.25, 0.3) is 119 Å². The van der Waals surface area contributed by atoms with Gasteiger partial charge in [0, 0.05) is 43.4 Å².